The van der Waals surface area contributed by atoms with Crippen LogP contribution in [0.15, 0.2) is 42.5 Å². The van der Waals surface area contributed by atoms with Gasteiger partial charge in [-0.25, -0.2) is 0 Å². The highest BCUT2D eigenvalue weighted by atomic mass is 16.5. The predicted octanol–water partition coefficient (Wildman–Crippen LogP) is 3.46. The van der Waals surface area contributed by atoms with Crippen molar-refractivity contribution >= 4 is 5.91 Å². The van der Waals surface area contributed by atoms with Crippen molar-refractivity contribution in [1.82, 2.24) is 5.32 Å². The van der Waals surface area contributed by atoms with Crippen LogP contribution in [0.2, 0.25) is 0 Å². The Morgan fingerprint density at radius 2 is 1.48 bits per heavy atom. The summed E-state index contributed by atoms with van der Waals surface area (Å²) in [7, 11) is 4.78. The van der Waals surface area contributed by atoms with Gasteiger partial charge in [0.1, 0.15) is 17.2 Å². The van der Waals surface area contributed by atoms with Crippen molar-refractivity contribution < 1.29 is 19.0 Å². The SMILES string of the molecule is COc1ccc(CCC(C)NC(=O)c2cc(OC)cc(OC)c2)cc1. The van der Waals surface area contributed by atoms with Crippen molar-refractivity contribution in [2.24, 2.45) is 0 Å². The molecule has 2 aromatic rings. The van der Waals surface area contributed by atoms with Gasteiger partial charge >= 0.3 is 0 Å². The lowest BCUT2D eigenvalue weighted by atomic mass is 10.1. The molecule has 0 saturated heterocycles. The molecule has 0 aliphatic rings. The van der Waals surface area contributed by atoms with Gasteiger partial charge in [0.2, 0.25) is 0 Å². The fraction of sp³-hybridized carbons (Fsp3) is 0.350. The molecule has 0 spiro atoms. The lowest BCUT2D eigenvalue weighted by molar-refractivity contribution is 0.0937. The number of carbonyl (C=O) groups excluding carboxylic acids is 1. The summed E-state index contributed by atoms with van der Waals surface area (Å²) >= 11 is 0. The van der Waals surface area contributed by atoms with Gasteiger partial charge in [0.05, 0.1) is 21.3 Å². The van der Waals surface area contributed by atoms with Gasteiger partial charge in [0.15, 0.2) is 0 Å². The van der Waals surface area contributed by atoms with E-state index in [0.717, 1.165) is 18.6 Å². The quantitative estimate of drug-likeness (QED) is 0.797. The minimum absolute atomic E-state index is 0.0480. The van der Waals surface area contributed by atoms with E-state index in [0.29, 0.717) is 17.1 Å². The summed E-state index contributed by atoms with van der Waals surface area (Å²) in [5, 5.41) is 3.02. The summed E-state index contributed by atoms with van der Waals surface area (Å²) in [4.78, 5) is 12.4. The Morgan fingerprint density at radius 1 is 0.920 bits per heavy atom. The predicted molar refractivity (Wildman–Crippen MR) is 97.8 cm³/mol. The van der Waals surface area contributed by atoms with Gasteiger partial charge < -0.3 is 19.5 Å². The van der Waals surface area contributed by atoms with Crippen molar-refractivity contribution in [3.05, 3.63) is 53.6 Å². The molecule has 25 heavy (non-hydrogen) atoms. The lowest BCUT2D eigenvalue weighted by Gasteiger charge is -2.15. The second-order valence-electron chi connectivity index (χ2n) is 5.86. The molecule has 5 heteroatoms. The maximum atomic E-state index is 12.4. The smallest absolute Gasteiger partial charge is 0.251 e. The van der Waals surface area contributed by atoms with E-state index in [1.807, 2.05) is 31.2 Å². The third-order valence-electron chi connectivity index (χ3n) is 4.02. The van der Waals surface area contributed by atoms with Crippen LogP contribution in [0.5, 0.6) is 17.2 Å². The molecule has 134 valence electrons. The van der Waals surface area contributed by atoms with E-state index in [1.54, 1.807) is 39.5 Å². The number of carbonyl (C=O) groups is 1. The number of aryl methyl sites for hydroxylation is 1. The zero-order valence-corrected chi connectivity index (χ0v) is 15.2. The molecule has 1 atom stereocenters. The van der Waals surface area contributed by atoms with Crippen LogP contribution >= 0.6 is 0 Å². The summed E-state index contributed by atoms with van der Waals surface area (Å²) < 4.78 is 15.6. The zero-order valence-electron chi connectivity index (χ0n) is 15.2. The van der Waals surface area contributed by atoms with E-state index in [9.17, 15) is 4.79 Å². The van der Waals surface area contributed by atoms with Gasteiger partial charge in [-0.2, -0.15) is 0 Å². The van der Waals surface area contributed by atoms with Gasteiger partial charge in [-0.05, 0) is 49.6 Å². The van der Waals surface area contributed by atoms with Gasteiger partial charge in [0.25, 0.3) is 5.91 Å². The maximum Gasteiger partial charge on any atom is 0.251 e. The average molecular weight is 343 g/mol. The largest absolute Gasteiger partial charge is 0.497 e. The van der Waals surface area contributed by atoms with Crippen molar-refractivity contribution in [2.75, 3.05) is 21.3 Å². The number of ether oxygens (including phenoxy) is 3. The Morgan fingerprint density at radius 3 is 2.00 bits per heavy atom. The van der Waals surface area contributed by atoms with E-state index in [1.165, 1.54) is 5.56 Å². The second kappa shape index (κ2) is 8.97. The standard InChI is InChI=1S/C20H25NO4/c1-14(5-6-15-7-9-17(23-2)10-8-15)21-20(22)16-11-18(24-3)13-19(12-16)25-4/h7-14H,5-6H2,1-4H3,(H,21,22). The molecule has 2 aromatic carbocycles. The van der Waals surface area contributed by atoms with Gasteiger partial charge in [-0.3, -0.25) is 4.79 Å². The fourth-order valence-corrected chi connectivity index (χ4v) is 2.49. The first-order valence-electron chi connectivity index (χ1n) is 8.22. The van der Waals surface area contributed by atoms with Gasteiger partial charge in [0, 0.05) is 17.7 Å². The molecule has 1 unspecified atom stereocenters. The van der Waals surface area contributed by atoms with Crippen molar-refractivity contribution in [3.63, 3.8) is 0 Å². The summed E-state index contributed by atoms with van der Waals surface area (Å²) in [5.41, 5.74) is 1.73. The Bertz CT molecular complexity index is 675. The summed E-state index contributed by atoms with van der Waals surface area (Å²) in [6.07, 6.45) is 1.73. The number of hydrogen-bond donors (Lipinski definition) is 1. The fourth-order valence-electron chi connectivity index (χ4n) is 2.49. The first-order chi connectivity index (χ1) is 12.0. The minimum Gasteiger partial charge on any atom is -0.497 e. The molecule has 0 saturated carbocycles. The molecule has 0 heterocycles. The van der Waals surface area contributed by atoms with E-state index in [4.69, 9.17) is 14.2 Å². The molecular formula is C20H25NO4. The van der Waals surface area contributed by atoms with E-state index < -0.39 is 0 Å². The normalized spacial score (nSPS) is 11.5. The van der Waals surface area contributed by atoms with Crippen LogP contribution in [0.25, 0.3) is 0 Å². The van der Waals surface area contributed by atoms with Crippen LogP contribution in [-0.2, 0) is 6.42 Å². The topological polar surface area (TPSA) is 56.8 Å². The molecule has 2 rings (SSSR count). The molecule has 1 amide bonds. The Kier molecular flexibility index (Phi) is 6.69. The Hall–Kier alpha value is -2.69. The summed E-state index contributed by atoms with van der Waals surface area (Å²) in [6.45, 7) is 2.00. The van der Waals surface area contributed by atoms with E-state index in [-0.39, 0.29) is 11.9 Å². The van der Waals surface area contributed by atoms with Crippen LogP contribution in [-0.4, -0.2) is 33.3 Å². The van der Waals surface area contributed by atoms with E-state index in [2.05, 4.69) is 5.32 Å². The molecule has 0 aliphatic heterocycles. The number of methoxy groups -OCH3 is 3. The molecule has 0 fully saturated rings. The first kappa shape index (κ1) is 18.6. The van der Waals surface area contributed by atoms with Crippen molar-refractivity contribution in [3.8, 4) is 17.2 Å². The van der Waals surface area contributed by atoms with Crippen LogP contribution in [0.4, 0.5) is 0 Å². The highest BCUT2D eigenvalue weighted by Crippen LogP contribution is 2.22. The molecule has 0 aliphatic carbocycles. The first-order valence-corrected chi connectivity index (χ1v) is 8.22. The monoisotopic (exact) mass is 343 g/mol. The average Bonchev–Trinajstić information content (AvgIpc) is 2.66. The molecule has 5 nitrogen and oxygen atoms in total. The lowest BCUT2D eigenvalue weighted by Crippen LogP contribution is -2.32. The second-order valence-corrected chi connectivity index (χ2v) is 5.86. The molecule has 0 radical (unpaired) electrons. The van der Waals surface area contributed by atoms with Crippen LogP contribution in [0.1, 0.15) is 29.3 Å². The van der Waals surface area contributed by atoms with Crippen molar-refractivity contribution in [2.45, 2.75) is 25.8 Å². The highest BCUT2D eigenvalue weighted by molar-refractivity contribution is 5.95. The Labute approximate surface area is 148 Å². The number of nitrogens with one attached hydrogen (secondary N) is 1. The van der Waals surface area contributed by atoms with Crippen LogP contribution in [0.3, 0.4) is 0 Å². The maximum absolute atomic E-state index is 12.4. The van der Waals surface area contributed by atoms with Gasteiger partial charge in [-0.1, -0.05) is 12.1 Å². The number of amides is 1. The summed E-state index contributed by atoms with van der Waals surface area (Å²) in [6, 6.07) is 13.2. The highest BCUT2D eigenvalue weighted by Gasteiger charge is 2.13. The molecule has 1 N–H and O–H groups in total. The third kappa shape index (κ3) is 5.41. The summed E-state index contributed by atoms with van der Waals surface area (Å²) in [5.74, 6) is 1.89. The zero-order chi connectivity index (χ0) is 18.2. The van der Waals surface area contributed by atoms with E-state index >= 15 is 0 Å². The van der Waals surface area contributed by atoms with Gasteiger partial charge in [-0.15, -0.1) is 0 Å². The molecule has 0 aromatic heterocycles. The Balaban J connectivity index is 1.93. The number of hydrogen-bond acceptors (Lipinski definition) is 4. The number of rotatable bonds is 8. The molecular weight excluding hydrogens is 318 g/mol. The third-order valence-corrected chi connectivity index (χ3v) is 4.02. The molecule has 0 bridgehead atoms. The number of benzene rings is 2. The van der Waals surface area contributed by atoms with Crippen LogP contribution in [0, 0.1) is 0 Å². The van der Waals surface area contributed by atoms with Crippen LogP contribution < -0.4 is 19.5 Å². The van der Waals surface area contributed by atoms with Crippen molar-refractivity contribution in [1.29, 1.82) is 0 Å². The minimum atomic E-state index is -0.139.